The zero-order valence-electron chi connectivity index (χ0n) is 33.3. The van der Waals surface area contributed by atoms with Gasteiger partial charge in [-0.1, -0.05) is 88.4 Å². The van der Waals surface area contributed by atoms with Crippen LogP contribution in [-0.2, 0) is 32.0 Å². The number of benzene rings is 2. The molecule has 292 valence electrons. The number of hydrogen-bond donors (Lipinski definition) is 0. The van der Waals surface area contributed by atoms with Gasteiger partial charge < -0.3 is 19.4 Å². The van der Waals surface area contributed by atoms with E-state index in [9.17, 15) is 14.4 Å². The fourth-order valence-electron chi connectivity index (χ4n) is 8.94. The second-order valence-corrected chi connectivity index (χ2v) is 16.7. The van der Waals surface area contributed by atoms with Crippen molar-refractivity contribution in [3.63, 3.8) is 0 Å². The highest BCUT2D eigenvalue weighted by Crippen LogP contribution is 2.32. The lowest BCUT2D eigenvalue weighted by atomic mass is 9.81. The van der Waals surface area contributed by atoms with E-state index in [2.05, 4.69) is 92.1 Å². The first kappa shape index (κ1) is 40.9. The maximum atomic E-state index is 14.4. The van der Waals surface area contributed by atoms with Gasteiger partial charge in [-0.2, -0.15) is 0 Å². The Labute approximate surface area is 320 Å². The molecule has 1 saturated carbocycles. The van der Waals surface area contributed by atoms with Crippen LogP contribution in [0, 0.1) is 23.7 Å². The van der Waals surface area contributed by atoms with Gasteiger partial charge in [-0.3, -0.25) is 19.3 Å². The van der Waals surface area contributed by atoms with E-state index in [1.54, 1.807) is 0 Å². The van der Waals surface area contributed by atoms with Crippen LogP contribution in [-0.4, -0.2) is 102 Å². The fraction of sp³-hybridized carbons (Fsp3) is 0.667. The Balaban J connectivity index is 1.18. The minimum atomic E-state index is -0.414. The molecule has 8 nitrogen and oxygen atoms in total. The first-order valence-corrected chi connectivity index (χ1v) is 21.0. The van der Waals surface area contributed by atoms with Crippen LogP contribution in [0.3, 0.4) is 0 Å². The quantitative estimate of drug-likeness (QED) is 0.141. The van der Waals surface area contributed by atoms with Gasteiger partial charge in [0.15, 0.2) is 0 Å². The number of amides is 3. The van der Waals surface area contributed by atoms with Crippen molar-refractivity contribution in [2.75, 3.05) is 52.6 Å². The summed E-state index contributed by atoms with van der Waals surface area (Å²) < 4.78 is 6.49. The zero-order chi connectivity index (χ0) is 37.6. The minimum absolute atomic E-state index is 0.0520. The summed E-state index contributed by atoms with van der Waals surface area (Å²) >= 11 is 0. The van der Waals surface area contributed by atoms with Crippen molar-refractivity contribution in [1.82, 2.24) is 19.6 Å². The second-order valence-electron chi connectivity index (χ2n) is 16.7. The summed E-state index contributed by atoms with van der Waals surface area (Å²) in [6, 6.07) is 20.4. The van der Waals surface area contributed by atoms with E-state index in [4.69, 9.17) is 4.74 Å². The number of nitrogens with zero attached hydrogens (tertiary/aromatic N) is 4. The van der Waals surface area contributed by atoms with Gasteiger partial charge in [-0.15, -0.1) is 0 Å². The molecule has 0 spiro atoms. The summed E-state index contributed by atoms with van der Waals surface area (Å²) in [4.78, 5) is 50.4. The molecule has 2 aromatic carbocycles. The number of rotatable bonds is 19. The molecule has 0 bridgehead atoms. The Morgan fingerprint density at radius 1 is 0.660 bits per heavy atom. The van der Waals surface area contributed by atoms with Gasteiger partial charge in [0.25, 0.3) is 0 Å². The maximum Gasteiger partial charge on any atom is 0.245 e. The predicted molar refractivity (Wildman–Crippen MR) is 213 cm³/mol. The number of hydrogen-bond acceptors (Lipinski definition) is 5. The Hall–Kier alpha value is -3.23. The molecule has 2 aromatic rings. The topological polar surface area (TPSA) is 73.4 Å². The Morgan fingerprint density at radius 2 is 1.13 bits per heavy atom. The molecule has 1 aliphatic carbocycles. The highest BCUT2D eigenvalue weighted by atomic mass is 16.5. The van der Waals surface area contributed by atoms with E-state index in [-0.39, 0.29) is 41.5 Å². The van der Waals surface area contributed by atoms with Crippen LogP contribution in [0.25, 0.3) is 0 Å². The largest absolute Gasteiger partial charge is 0.366 e. The van der Waals surface area contributed by atoms with E-state index in [0.717, 1.165) is 110 Å². The molecule has 2 unspecified atom stereocenters. The van der Waals surface area contributed by atoms with Crippen molar-refractivity contribution in [1.29, 1.82) is 0 Å². The van der Waals surface area contributed by atoms with Crippen molar-refractivity contribution in [3.8, 4) is 0 Å². The average Bonchev–Trinajstić information content (AvgIpc) is 3.91. The monoisotopic (exact) mass is 729 g/mol. The highest BCUT2D eigenvalue weighted by Gasteiger charge is 2.39. The first-order chi connectivity index (χ1) is 25.7. The van der Waals surface area contributed by atoms with Crippen LogP contribution in [0.2, 0.25) is 0 Å². The van der Waals surface area contributed by atoms with E-state index < -0.39 is 6.04 Å². The molecular weight excluding hydrogens is 661 g/mol. The van der Waals surface area contributed by atoms with Crippen LogP contribution >= 0.6 is 0 Å². The standard InChI is InChI=1S/C45H68N4O4/c1-35(2)41(44(51)46-27-11-12-28-46)48(31-15-21-37-17-7-5-8-18-37)34-53-33-39-23-25-40(26-24-39)43(50)49(32-16-22-38-19-9-6-10-20-38)42(36(3)4)45(52)47-29-13-14-30-47/h5-10,17-20,35-36,39-42H,11-16,21-34H2,1-4H3. The SMILES string of the molecule is CC(C)C(C(=O)N1CCCC1)N(CCCc1ccccc1)COCC1CCC(C(=O)N(CCCc2ccccc2)C(C(=O)N2CCCC2)C(C)C)CC1. The Morgan fingerprint density at radius 3 is 1.62 bits per heavy atom. The van der Waals surface area contributed by atoms with Crippen molar-refractivity contribution in [2.24, 2.45) is 23.7 Å². The van der Waals surface area contributed by atoms with E-state index in [0.29, 0.717) is 25.8 Å². The zero-order valence-corrected chi connectivity index (χ0v) is 33.3. The summed E-state index contributed by atoms with van der Waals surface area (Å²) in [5.41, 5.74) is 2.59. The number of likely N-dealkylation sites (tertiary alicyclic amines) is 2. The van der Waals surface area contributed by atoms with Crippen LogP contribution < -0.4 is 0 Å². The molecule has 2 aliphatic heterocycles. The summed E-state index contributed by atoms with van der Waals surface area (Å²) in [5.74, 6) is 1.10. The molecule has 0 aromatic heterocycles. The van der Waals surface area contributed by atoms with Gasteiger partial charge in [0.1, 0.15) is 6.04 Å². The Kier molecular flexibility index (Phi) is 16.2. The third-order valence-corrected chi connectivity index (χ3v) is 11.9. The molecule has 53 heavy (non-hydrogen) atoms. The third kappa shape index (κ3) is 11.9. The van der Waals surface area contributed by atoms with Gasteiger partial charge in [0.2, 0.25) is 17.7 Å². The lowest BCUT2D eigenvalue weighted by Gasteiger charge is -2.39. The van der Waals surface area contributed by atoms with Crippen molar-refractivity contribution in [3.05, 3.63) is 71.8 Å². The van der Waals surface area contributed by atoms with Gasteiger partial charge in [-0.25, -0.2) is 0 Å². The maximum absolute atomic E-state index is 14.4. The molecule has 0 radical (unpaired) electrons. The third-order valence-electron chi connectivity index (χ3n) is 11.9. The normalized spacial score (nSPS) is 20.4. The average molecular weight is 729 g/mol. The lowest BCUT2D eigenvalue weighted by molar-refractivity contribution is -0.150. The summed E-state index contributed by atoms with van der Waals surface area (Å²) in [6.45, 7) is 14.3. The van der Waals surface area contributed by atoms with Gasteiger partial charge >= 0.3 is 0 Å². The fourth-order valence-corrected chi connectivity index (χ4v) is 8.94. The van der Waals surface area contributed by atoms with Gasteiger partial charge in [0, 0.05) is 45.2 Å². The molecule has 8 heteroatoms. The van der Waals surface area contributed by atoms with E-state index in [1.807, 2.05) is 15.9 Å². The predicted octanol–water partition coefficient (Wildman–Crippen LogP) is 7.46. The summed E-state index contributed by atoms with van der Waals surface area (Å²) in [7, 11) is 0. The van der Waals surface area contributed by atoms with Crippen LogP contribution in [0.5, 0.6) is 0 Å². The highest BCUT2D eigenvalue weighted by molar-refractivity contribution is 5.89. The number of carbonyl (C=O) groups is 3. The molecule has 3 aliphatic rings. The lowest BCUT2D eigenvalue weighted by Crippen LogP contribution is -2.55. The number of ether oxygens (including phenoxy) is 1. The molecule has 2 saturated heterocycles. The van der Waals surface area contributed by atoms with Gasteiger partial charge in [-0.05, 0) is 106 Å². The smallest absolute Gasteiger partial charge is 0.245 e. The molecule has 3 amide bonds. The molecule has 5 rings (SSSR count). The first-order valence-electron chi connectivity index (χ1n) is 21.0. The van der Waals surface area contributed by atoms with Crippen LogP contribution in [0.15, 0.2) is 60.7 Å². The molecule has 3 fully saturated rings. The van der Waals surface area contributed by atoms with Crippen molar-refractivity contribution < 1.29 is 19.1 Å². The summed E-state index contributed by atoms with van der Waals surface area (Å²) in [5, 5.41) is 0. The van der Waals surface area contributed by atoms with Gasteiger partial charge in [0.05, 0.1) is 19.4 Å². The summed E-state index contributed by atoms with van der Waals surface area (Å²) in [6.07, 6.45) is 11.5. The van der Waals surface area contributed by atoms with Crippen LogP contribution in [0.1, 0.15) is 103 Å². The Bertz CT molecular complexity index is 1380. The molecule has 2 atom stereocenters. The van der Waals surface area contributed by atoms with E-state index in [1.165, 1.54) is 11.1 Å². The van der Waals surface area contributed by atoms with Crippen molar-refractivity contribution in [2.45, 2.75) is 117 Å². The number of carbonyl (C=O) groups excluding carboxylic acids is 3. The molecular formula is C45H68N4O4. The number of aryl methyl sites for hydroxylation is 2. The van der Waals surface area contributed by atoms with Crippen LogP contribution in [0.4, 0.5) is 0 Å². The molecule has 2 heterocycles. The van der Waals surface area contributed by atoms with Crippen molar-refractivity contribution >= 4 is 17.7 Å². The van der Waals surface area contributed by atoms with E-state index >= 15 is 0 Å². The second kappa shape index (κ2) is 21.0. The molecule has 0 N–H and O–H groups in total. The minimum Gasteiger partial charge on any atom is -0.366 e.